The molecule has 26 rings (SSSR count). The second-order valence-electron chi connectivity index (χ2n) is 37.2. The summed E-state index contributed by atoms with van der Waals surface area (Å²) in [6, 6.07) is 192. The third-order valence-electron chi connectivity index (χ3n) is 27.5. The van der Waals surface area contributed by atoms with Crippen LogP contribution >= 0.6 is 0 Å². The summed E-state index contributed by atoms with van der Waals surface area (Å²) < 4.78 is 0. The molecule has 0 amide bonds. The third kappa shape index (κ3) is 20.5. The van der Waals surface area contributed by atoms with Gasteiger partial charge in [-0.05, 0) is 272 Å². The van der Waals surface area contributed by atoms with Crippen LogP contribution in [0.3, 0.4) is 0 Å². The average molecular weight is 1920 g/mol. The Morgan fingerprint density at radius 2 is 0.293 bits per heavy atom. The molecule has 0 aliphatic heterocycles. The fourth-order valence-corrected chi connectivity index (χ4v) is 19.8. The topological polar surface area (TPSA) is 116 Å². The molecule has 0 radical (unpaired) electrons. The third-order valence-corrected chi connectivity index (χ3v) is 27.5. The van der Waals surface area contributed by atoms with E-state index in [1.807, 2.05) is 104 Å². The Bertz CT molecular complexity index is 8980. The lowest BCUT2D eigenvalue weighted by Gasteiger charge is -2.12. The number of benzene rings is 20. The summed E-state index contributed by atoms with van der Waals surface area (Å²) in [6.07, 6.45) is 9.16. The first kappa shape index (κ1) is 92.3. The van der Waals surface area contributed by atoms with Crippen molar-refractivity contribution in [3.8, 4) is 224 Å². The molecular weight excluding hydrogens is 1820 g/mol. The van der Waals surface area contributed by atoms with E-state index in [0.717, 1.165) is 139 Å². The Kier molecular flexibility index (Phi) is 26.3. The summed E-state index contributed by atoms with van der Waals surface area (Å²) in [5.41, 5.74) is 44.0. The van der Waals surface area contributed by atoms with Crippen molar-refractivity contribution in [2.45, 2.75) is 0 Å². The molecule has 0 bridgehead atoms. The highest BCUT2D eigenvalue weighted by molar-refractivity contribution is 5.98. The van der Waals surface area contributed by atoms with E-state index in [1.165, 1.54) is 100 Å². The van der Waals surface area contributed by atoms with Gasteiger partial charge in [-0.15, -0.1) is 0 Å². The maximum Gasteiger partial charge on any atom is 0.160 e. The molecular formula is C141H95N9. The normalized spacial score (nSPS) is 11.1. The van der Waals surface area contributed by atoms with Gasteiger partial charge in [0.05, 0.1) is 39.3 Å². The van der Waals surface area contributed by atoms with E-state index in [4.69, 9.17) is 34.9 Å². The van der Waals surface area contributed by atoms with Gasteiger partial charge in [0.2, 0.25) is 0 Å². The predicted octanol–water partition coefficient (Wildman–Crippen LogP) is 36.4. The highest BCUT2D eigenvalue weighted by atomic mass is 14.9. The van der Waals surface area contributed by atoms with Crippen LogP contribution in [0.15, 0.2) is 577 Å². The first-order valence-electron chi connectivity index (χ1n) is 50.4. The van der Waals surface area contributed by atoms with Crippen LogP contribution in [0.4, 0.5) is 0 Å². The summed E-state index contributed by atoms with van der Waals surface area (Å²) in [5.74, 6) is 2.09. The first-order valence-corrected chi connectivity index (χ1v) is 50.4. The Balaban J connectivity index is 0.000000120. The molecule has 20 aromatic carbocycles. The van der Waals surface area contributed by atoms with Crippen molar-refractivity contribution >= 4 is 32.7 Å². The number of nitrogens with zero attached hydrogens (tertiary/aromatic N) is 9. The molecule has 0 unspecified atom stereocenters. The molecule has 0 aliphatic carbocycles. The molecule has 0 fully saturated rings. The molecule has 0 spiro atoms. The van der Waals surface area contributed by atoms with Crippen molar-refractivity contribution in [1.29, 1.82) is 0 Å². The lowest BCUT2D eigenvalue weighted by atomic mass is 9.94. The molecule has 26 aromatic rings. The number of aromatic nitrogens is 9. The van der Waals surface area contributed by atoms with Crippen LogP contribution < -0.4 is 0 Å². The highest BCUT2D eigenvalue weighted by Gasteiger charge is 2.21. The van der Waals surface area contributed by atoms with E-state index >= 15 is 0 Å². The number of fused-ring (bicyclic) bond motifs is 3. The van der Waals surface area contributed by atoms with Crippen molar-refractivity contribution in [3.63, 3.8) is 0 Å². The molecule has 0 saturated heterocycles. The fraction of sp³-hybridized carbons (Fsp3) is 0. The van der Waals surface area contributed by atoms with Crippen LogP contribution in [0.1, 0.15) is 0 Å². The summed E-state index contributed by atoms with van der Waals surface area (Å²) in [7, 11) is 0. The molecule has 0 N–H and O–H groups in total. The van der Waals surface area contributed by atoms with Crippen molar-refractivity contribution in [2.24, 2.45) is 0 Å². The number of hydrogen-bond acceptors (Lipinski definition) is 9. The van der Waals surface area contributed by atoms with Crippen molar-refractivity contribution in [1.82, 2.24) is 44.9 Å². The number of para-hydroxylation sites is 3. The van der Waals surface area contributed by atoms with Crippen molar-refractivity contribution < 1.29 is 0 Å². The maximum atomic E-state index is 5.19. The molecule has 0 saturated carbocycles. The SMILES string of the molecule is c1ccc(-c2cccc(-c3cccc(-c4cccc(-c5cccc(-c6nc(-c7ccc(-c8ccccc8)nc7)c7ccccc7n6)c5)c4)c3)c2)cc1.c1ccc(-c2cccc(-c3cccc(-c4cccc(-c5cccc(-c6nc(-c7ccc(-c8ccncc8)cc7)c7ccccc7n6)c5)c4)c3)c2)cc1.c1ccc(-c2cccc(-c3cccc(-c4cccc(-c5cccc(-c6nc(-c7ccncc7)c7ccccc7n6)c5)c4)c3)c2)cc1. The van der Waals surface area contributed by atoms with Gasteiger partial charge in [-0.25, -0.2) is 29.9 Å². The maximum absolute atomic E-state index is 5.19. The van der Waals surface area contributed by atoms with Gasteiger partial charge in [-0.1, -0.05) is 419 Å². The van der Waals surface area contributed by atoms with Crippen molar-refractivity contribution in [2.75, 3.05) is 0 Å². The van der Waals surface area contributed by atoms with Crippen LogP contribution in [0.2, 0.25) is 0 Å². The standard InChI is InChI=1S/2C49H33N3.C43H29N3/c1-3-13-34(14-4-1)36-17-9-18-37(29-36)38-19-10-20-39(30-38)40-21-11-22-41(31-40)42-23-12-24-43(32-42)49-51-47-26-8-7-25-45(47)48(52-49)44-27-28-46(50-33-44)35-15-5-2-6-16-35;1-2-10-34(11-3-1)38-12-6-13-39(30-38)40-14-7-15-41(31-40)42-16-8-17-43(32-42)44-18-9-19-45(33-44)49-51-47-21-5-4-20-46(47)48(52-49)37-24-22-35(23-25-37)36-26-28-50-29-27-36;1-2-10-30(11-3-1)32-12-6-13-33(26-32)34-14-7-15-35(27-34)36-16-8-17-37(28-36)38-18-9-19-39(29-38)43-45-41-21-5-4-20-40(41)42(46-43)31-22-24-44-25-23-31/h2*1-33H;1-29H. The Morgan fingerprint density at radius 1 is 0.113 bits per heavy atom. The quantitative estimate of drug-likeness (QED) is 0.0735. The lowest BCUT2D eigenvalue weighted by molar-refractivity contribution is 1.22. The monoisotopic (exact) mass is 1910 g/mol. The van der Waals surface area contributed by atoms with E-state index in [-0.39, 0.29) is 0 Å². The molecule has 9 nitrogen and oxygen atoms in total. The van der Waals surface area contributed by atoms with Gasteiger partial charge in [-0.3, -0.25) is 15.0 Å². The largest absolute Gasteiger partial charge is 0.265 e. The Labute approximate surface area is 872 Å². The van der Waals surface area contributed by atoms with E-state index in [1.54, 1.807) is 12.4 Å². The number of pyridine rings is 3. The van der Waals surface area contributed by atoms with E-state index in [0.29, 0.717) is 17.5 Å². The zero-order valence-corrected chi connectivity index (χ0v) is 81.9. The highest BCUT2D eigenvalue weighted by Crippen LogP contribution is 2.42. The zero-order valence-electron chi connectivity index (χ0n) is 81.9. The van der Waals surface area contributed by atoms with Gasteiger partial charge in [0.15, 0.2) is 17.5 Å². The number of hydrogen-bond donors (Lipinski definition) is 0. The minimum atomic E-state index is 0.685. The van der Waals surface area contributed by atoms with Gasteiger partial charge >= 0.3 is 0 Å². The Hall–Kier alpha value is -20.1. The minimum Gasteiger partial charge on any atom is -0.265 e. The zero-order chi connectivity index (χ0) is 100. The summed E-state index contributed by atoms with van der Waals surface area (Å²) >= 11 is 0. The first-order chi connectivity index (χ1) is 74.3. The van der Waals surface area contributed by atoms with E-state index in [9.17, 15) is 0 Å². The van der Waals surface area contributed by atoms with Crippen LogP contribution in [0.25, 0.3) is 257 Å². The molecule has 150 heavy (non-hydrogen) atoms. The molecule has 9 heteroatoms. The summed E-state index contributed by atoms with van der Waals surface area (Å²) in [4.78, 5) is 43.6. The van der Waals surface area contributed by atoms with Gasteiger partial charge in [0, 0.05) is 86.1 Å². The Morgan fingerprint density at radius 3 is 0.553 bits per heavy atom. The molecule has 6 heterocycles. The summed E-state index contributed by atoms with van der Waals surface area (Å²) in [6.45, 7) is 0. The van der Waals surface area contributed by atoms with Crippen LogP contribution in [-0.4, -0.2) is 44.9 Å². The molecule has 0 atom stereocenters. The van der Waals surface area contributed by atoms with Crippen LogP contribution in [0, 0.1) is 0 Å². The molecule has 6 aromatic heterocycles. The fourth-order valence-electron chi connectivity index (χ4n) is 19.8. The van der Waals surface area contributed by atoms with Crippen molar-refractivity contribution in [3.05, 3.63) is 577 Å². The van der Waals surface area contributed by atoms with E-state index < -0.39 is 0 Å². The predicted molar refractivity (Wildman–Crippen MR) is 621 cm³/mol. The minimum absolute atomic E-state index is 0.685. The second kappa shape index (κ2) is 42.8. The van der Waals surface area contributed by atoms with Gasteiger partial charge in [-0.2, -0.15) is 0 Å². The van der Waals surface area contributed by atoms with Gasteiger partial charge < -0.3 is 0 Å². The lowest BCUT2D eigenvalue weighted by Crippen LogP contribution is -1.96. The van der Waals surface area contributed by atoms with E-state index in [2.05, 4.69) is 471 Å². The van der Waals surface area contributed by atoms with Crippen LogP contribution in [-0.2, 0) is 0 Å². The average Bonchev–Trinajstić information content (AvgIpc) is 0.774. The van der Waals surface area contributed by atoms with Gasteiger partial charge in [0.1, 0.15) is 0 Å². The second-order valence-corrected chi connectivity index (χ2v) is 37.2. The smallest absolute Gasteiger partial charge is 0.160 e. The molecule has 704 valence electrons. The molecule has 0 aliphatic rings. The summed E-state index contributed by atoms with van der Waals surface area (Å²) in [5, 5.41) is 3.05. The van der Waals surface area contributed by atoms with Gasteiger partial charge in [0.25, 0.3) is 0 Å². The number of rotatable bonds is 20. The van der Waals surface area contributed by atoms with Crippen LogP contribution in [0.5, 0.6) is 0 Å².